The van der Waals surface area contributed by atoms with E-state index in [0.717, 1.165) is 12.1 Å². The molecule has 2 rings (SSSR count). The van der Waals surface area contributed by atoms with Crippen molar-refractivity contribution in [3.63, 3.8) is 0 Å². The van der Waals surface area contributed by atoms with Crippen molar-refractivity contribution < 1.29 is 13.5 Å². The summed E-state index contributed by atoms with van der Waals surface area (Å²) in [5, 5.41) is 3.45. The lowest BCUT2D eigenvalue weighted by Crippen LogP contribution is -2.19. The molecule has 0 radical (unpaired) electrons. The van der Waals surface area contributed by atoms with Gasteiger partial charge in [0.2, 0.25) is 0 Å². The first-order chi connectivity index (χ1) is 6.72. The van der Waals surface area contributed by atoms with Crippen LogP contribution in [0.1, 0.15) is 12.0 Å². The fourth-order valence-electron chi connectivity index (χ4n) is 1.46. The van der Waals surface area contributed by atoms with Crippen LogP contribution in [0.4, 0.5) is 8.78 Å². The van der Waals surface area contributed by atoms with Gasteiger partial charge in [-0.05, 0) is 0 Å². The molecule has 3 nitrogen and oxygen atoms in total. The van der Waals surface area contributed by atoms with Gasteiger partial charge in [-0.1, -0.05) is 0 Å². The average molecular weight is 198 g/mol. The first-order valence-corrected chi connectivity index (χ1v) is 4.11. The van der Waals surface area contributed by atoms with Crippen LogP contribution in [0, 0.1) is 11.6 Å². The molecule has 2 N–H and O–H groups in total. The second-order valence-electron chi connectivity index (χ2n) is 2.94. The van der Waals surface area contributed by atoms with Crippen LogP contribution in [0.5, 0.6) is 5.75 Å². The quantitative estimate of drug-likeness (QED) is 0.506. The van der Waals surface area contributed by atoms with E-state index in [0.29, 0.717) is 18.7 Å². The van der Waals surface area contributed by atoms with Crippen LogP contribution >= 0.6 is 0 Å². The molecular formula is C9H8F2N2O. The highest BCUT2D eigenvalue weighted by atomic mass is 19.1. The van der Waals surface area contributed by atoms with Gasteiger partial charge < -0.3 is 10.6 Å². The molecule has 0 aliphatic carbocycles. The normalized spacial score (nSPS) is 17.7. The van der Waals surface area contributed by atoms with Crippen molar-refractivity contribution in [1.82, 2.24) is 0 Å². The Bertz CT molecular complexity index is 404. The summed E-state index contributed by atoms with van der Waals surface area (Å²) in [7, 11) is 0. The maximum Gasteiger partial charge on any atom is 0.138 e. The van der Waals surface area contributed by atoms with Crippen molar-refractivity contribution in [1.29, 1.82) is 0 Å². The highest BCUT2D eigenvalue weighted by Gasteiger charge is 2.22. The van der Waals surface area contributed by atoms with Gasteiger partial charge in [-0.2, -0.15) is 5.10 Å². The molecular weight excluding hydrogens is 190 g/mol. The lowest BCUT2D eigenvalue weighted by atomic mass is 10.0. The van der Waals surface area contributed by atoms with Gasteiger partial charge in [0.15, 0.2) is 0 Å². The van der Waals surface area contributed by atoms with Gasteiger partial charge in [-0.3, -0.25) is 0 Å². The monoisotopic (exact) mass is 198 g/mol. The van der Waals surface area contributed by atoms with Gasteiger partial charge in [-0.25, -0.2) is 8.78 Å². The van der Waals surface area contributed by atoms with Crippen molar-refractivity contribution >= 4 is 5.71 Å². The molecule has 0 bridgehead atoms. The number of nitrogens with two attached hydrogens (primary N) is 1. The number of hydrazone groups is 1. The van der Waals surface area contributed by atoms with Crippen LogP contribution in [-0.4, -0.2) is 12.3 Å². The van der Waals surface area contributed by atoms with Crippen LogP contribution in [0.15, 0.2) is 17.2 Å². The zero-order valence-corrected chi connectivity index (χ0v) is 7.26. The number of ether oxygens (including phenoxy) is 1. The molecule has 74 valence electrons. The number of nitrogens with zero attached hydrogens (tertiary/aromatic N) is 1. The zero-order valence-electron chi connectivity index (χ0n) is 7.26. The lowest BCUT2D eigenvalue weighted by Gasteiger charge is -2.18. The number of hydrogen-bond acceptors (Lipinski definition) is 3. The lowest BCUT2D eigenvalue weighted by molar-refractivity contribution is 0.315. The third-order valence-electron chi connectivity index (χ3n) is 2.06. The first kappa shape index (κ1) is 8.93. The Kier molecular flexibility index (Phi) is 2.07. The van der Waals surface area contributed by atoms with E-state index in [9.17, 15) is 8.78 Å². The molecule has 1 aliphatic heterocycles. The summed E-state index contributed by atoms with van der Waals surface area (Å²) in [6.07, 6.45) is 0.437. The van der Waals surface area contributed by atoms with Crippen LogP contribution in [-0.2, 0) is 0 Å². The maximum atomic E-state index is 13.3. The fourth-order valence-corrected chi connectivity index (χ4v) is 1.46. The summed E-state index contributed by atoms with van der Waals surface area (Å²) in [4.78, 5) is 0. The molecule has 14 heavy (non-hydrogen) atoms. The molecule has 0 saturated carbocycles. The van der Waals surface area contributed by atoms with Crippen molar-refractivity contribution in [3.8, 4) is 5.75 Å². The minimum Gasteiger partial charge on any atom is -0.492 e. The molecule has 1 heterocycles. The van der Waals surface area contributed by atoms with E-state index in [1.165, 1.54) is 0 Å². The van der Waals surface area contributed by atoms with Crippen molar-refractivity contribution in [3.05, 3.63) is 29.3 Å². The zero-order chi connectivity index (χ0) is 10.1. The van der Waals surface area contributed by atoms with E-state index in [4.69, 9.17) is 10.6 Å². The number of halogens is 2. The molecule has 0 atom stereocenters. The molecule has 0 fully saturated rings. The van der Waals surface area contributed by atoms with E-state index in [2.05, 4.69) is 5.10 Å². The van der Waals surface area contributed by atoms with Crippen LogP contribution in [0.25, 0.3) is 0 Å². The van der Waals surface area contributed by atoms with E-state index in [-0.39, 0.29) is 11.3 Å². The van der Waals surface area contributed by atoms with Crippen molar-refractivity contribution in [2.75, 3.05) is 6.61 Å². The predicted octanol–water partition coefficient (Wildman–Crippen LogP) is 1.41. The van der Waals surface area contributed by atoms with Crippen LogP contribution in [0.2, 0.25) is 0 Å². The Hall–Kier alpha value is -1.65. The van der Waals surface area contributed by atoms with Gasteiger partial charge in [-0.15, -0.1) is 0 Å². The van der Waals surface area contributed by atoms with Crippen molar-refractivity contribution in [2.24, 2.45) is 10.9 Å². The molecule has 0 spiro atoms. The van der Waals surface area contributed by atoms with E-state index in [1.54, 1.807) is 0 Å². The van der Waals surface area contributed by atoms with Gasteiger partial charge in [0.05, 0.1) is 17.9 Å². The second kappa shape index (κ2) is 3.25. The summed E-state index contributed by atoms with van der Waals surface area (Å²) >= 11 is 0. The Labute approximate surface area is 79.2 Å². The second-order valence-corrected chi connectivity index (χ2v) is 2.94. The molecule has 1 aromatic rings. The van der Waals surface area contributed by atoms with Gasteiger partial charge in [0.25, 0.3) is 0 Å². The largest absolute Gasteiger partial charge is 0.492 e. The number of hydrogen-bond donors (Lipinski definition) is 1. The van der Waals surface area contributed by atoms with E-state index >= 15 is 0 Å². The Morgan fingerprint density at radius 2 is 2.14 bits per heavy atom. The number of rotatable bonds is 0. The SMILES string of the molecule is N/N=C1\CCOc2cc(F)cc(F)c21. The molecule has 0 unspecified atom stereocenters. The molecule has 0 saturated heterocycles. The molecule has 5 heteroatoms. The predicted molar refractivity (Wildman–Crippen MR) is 47.2 cm³/mol. The molecule has 1 aliphatic rings. The highest BCUT2D eigenvalue weighted by Crippen LogP contribution is 2.28. The van der Waals surface area contributed by atoms with E-state index < -0.39 is 11.6 Å². The third-order valence-corrected chi connectivity index (χ3v) is 2.06. The van der Waals surface area contributed by atoms with Gasteiger partial charge in [0, 0.05) is 18.6 Å². The molecule has 0 aromatic heterocycles. The molecule has 0 amide bonds. The van der Waals surface area contributed by atoms with Gasteiger partial charge in [0.1, 0.15) is 17.4 Å². The number of fused-ring (bicyclic) bond motifs is 1. The first-order valence-electron chi connectivity index (χ1n) is 4.11. The Balaban J connectivity index is 2.63. The minimum absolute atomic E-state index is 0.165. The number of benzene rings is 1. The Morgan fingerprint density at radius 1 is 1.36 bits per heavy atom. The summed E-state index contributed by atoms with van der Waals surface area (Å²) < 4.78 is 31.2. The summed E-state index contributed by atoms with van der Waals surface area (Å²) in [6, 6.07) is 1.92. The summed E-state index contributed by atoms with van der Waals surface area (Å²) in [5.74, 6) is 3.90. The topological polar surface area (TPSA) is 47.6 Å². The average Bonchev–Trinajstić information content (AvgIpc) is 2.16. The van der Waals surface area contributed by atoms with E-state index in [1.807, 2.05) is 0 Å². The van der Waals surface area contributed by atoms with Crippen molar-refractivity contribution in [2.45, 2.75) is 6.42 Å². The minimum atomic E-state index is -0.691. The highest BCUT2D eigenvalue weighted by molar-refractivity contribution is 6.03. The van der Waals surface area contributed by atoms with Gasteiger partial charge >= 0.3 is 0 Å². The van der Waals surface area contributed by atoms with Crippen LogP contribution in [0.3, 0.4) is 0 Å². The van der Waals surface area contributed by atoms with Crippen LogP contribution < -0.4 is 10.6 Å². The maximum absolute atomic E-state index is 13.3. The standard InChI is InChI=1S/C9H8F2N2O/c10-5-3-6(11)9-7(13-12)1-2-14-8(9)4-5/h3-4H,1-2,12H2/b13-7+. The summed E-state index contributed by atoms with van der Waals surface area (Å²) in [6.45, 7) is 0.339. The third kappa shape index (κ3) is 1.30. The molecule has 1 aromatic carbocycles. The smallest absolute Gasteiger partial charge is 0.138 e. The Morgan fingerprint density at radius 3 is 2.86 bits per heavy atom. The summed E-state index contributed by atoms with van der Waals surface area (Å²) in [5.41, 5.74) is 0.573. The fraction of sp³-hybridized carbons (Fsp3) is 0.222.